The molecule has 0 spiro atoms. The number of aromatic nitrogens is 1. The summed E-state index contributed by atoms with van der Waals surface area (Å²) in [6.45, 7) is -2.24. The van der Waals surface area contributed by atoms with Gasteiger partial charge in [-0.25, -0.2) is 15.1 Å². The molecule has 0 bridgehead atoms. The Morgan fingerprint density at radius 3 is 3.41 bits per heavy atom. The molecule has 8 nitrogen and oxygen atoms in total. The highest BCUT2D eigenvalue weighted by molar-refractivity contribution is 7.15. The third kappa shape index (κ3) is 3.25. The summed E-state index contributed by atoms with van der Waals surface area (Å²) in [5.74, 6) is -0.217. The van der Waals surface area contributed by atoms with Gasteiger partial charge in [0.25, 0.3) is 5.96 Å². The van der Waals surface area contributed by atoms with E-state index in [4.69, 9.17) is 19.1 Å². The molecule has 10 heteroatoms. The van der Waals surface area contributed by atoms with Crippen LogP contribution in [-0.4, -0.2) is 34.3 Å². The molecule has 0 amide bonds. The maximum atomic E-state index is 10.4. The highest BCUT2D eigenvalue weighted by atomic mass is 35.5. The molecule has 0 atom stereocenters. The lowest BCUT2D eigenvalue weighted by Crippen LogP contribution is -2.48. The predicted molar refractivity (Wildman–Crippen MR) is 61.1 cm³/mol. The topological polar surface area (TPSA) is 92.9 Å². The first-order chi connectivity index (χ1) is 8.91. The summed E-state index contributed by atoms with van der Waals surface area (Å²) in [6, 6.07) is 0. The molecule has 0 aromatic carbocycles. The van der Waals surface area contributed by atoms with Crippen LogP contribution in [0.2, 0.25) is 4.47 Å². The fourth-order valence-electron chi connectivity index (χ4n) is 1.10. The van der Waals surface area contributed by atoms with Gasteiger partial charge >= 0.3 is 0 Å². The van der Waals surface area contributed by atoms with Crippen LogP contribution in [0.4, 0.5) is 0 Å². The van der Waals surface area contributed by atoms with E-state index < -0.39 is 11.5 Å². The van der Waals surface area contributed by atoms with Gasteiger partial charge in [0.2, 0.25) is 0 Å². The Morgan fingerprint density at radius 1 is 1.94 bits per heavy atom. The fraction of sp³-hybridized carbons (Fsp3) is 0.429. The lowest BCUT2D eigenvalue weighted by atomic mass is 10.5. The summed E-state index contributed by atoms with van der Waals surface area (Å²) < 4.78 is 21.3. The number of nitro groups is 1. The summed E-state index contributed by atoms with van der Waals surface area (Å²) in [4.78, 5) is 15.4. The number of nitrogens with zero attached hydrogens (tertiary/aromatic N) is 4. The molecule has 0 radical (unpaired) electrons. The van der Waals surface area contributed by atoms with Crippen LogP contribution in [0, 0.1) is 10.1 Å². The maximum absolute atomic E-state index is 10.4. The first kappa shape index (κ1) is 9.57. The summed E-state index contributed by atoms with van der Waals surface area (Å²) in [5, 5.41) is 15.1. The zero-order valence-electron chi connectivity index (χ0n) is 10.3. The van der Waals surface area contributed by atoms with Gasteiger partial charge < -0.3 is 15.0 Å². The molecule has 1 aliphatic heterocycles. The Kier molecular flexibility index (Phi) is 2.96. The van der Waals surface area contributed by atoms with Gasteiger partial charge in [0, 0.05) is 11.1 Å². The SMILES string of the molecule is [3H]C([3H])(c1cnc(Cl)s1)N1COCN/C1=N\[N+](=O)[O-]. The summed E-state index contributed by atoms with van der Waals surface area (Å²) in [5.41, 5.74) is 0. The van der Waals surface area contributed by atoms with E-state index in [1.165, 1.54) is 6.20 Å². The van der Waals surface area contributed by atoms with Crippen molar-refractivity contribution in [3.63, 3.8) is 0 Å². The van der Waals surface area contributed by atoms with Crippen molar-refractivity contribution < 1.29 is 12.5 Å². The predicted octanol–water partition coefficient (Wildman–Crippen LogP) is 0.681. The fourth-order valence-corrected chi connectivity index (χ4v) is 1.94. The van der Waals surface area contributed by atoms with E-state index in [9.17, 15) is 10.1 Å². The number of hydrogen-bond donors (Lipinski definition) is 1. The van der Waals surface area contributed by atoms with Crippen LogP contribution in [0.25, 0.3) is 0 Å². The van der Waals surface area contributed by atoms with E-state index in [0.717, 1.165) is 16.2 Å². The normalized spacial score (nSPS) is 20.8. The number of hydrazone groups is 1. The molecule has 0 saturated carbocycles. The molecule has 2 rings (SSSR count). The zero-order valence-corrected chi connectivity index (χ0v) is 9.86. The standard InChI is InChI=1S/C7H8ClN5O3S/c8-6-9-1-5(17-6)2-12-4-16-3-10-7(12)11-13(14)15/h1H,2-4H2,(H,10,11)/i2T2. The molecule has 1 aliphatic rings. The number of ether oxygens (including phenoxy) is 1. The van der Waals surface area contributed by atoms with Gasteiger partial charge in [-0.2, -0.15) is 0 Å². The van der Waals surface area contributed by atoms with E-state index in [-0.39, 0.29) is 28.8 Å². The van der Waals surface area contributed by atoms with Gasteiger partial charge in [-0.05, 0) is 0 Å². The highest BCUT2D eigenvalue weighted by Crippen LogP contribution is 2.19. The van der Waals surface area contributed by atoms with Crippen LogP contribution >= 0.6 is 22.9 Å². The van der Waals surface area contributed by atoms with Gasteiger partial charge in [-0.15, -0.1) is 11.3 Å². The molecule has 17 heavy (non-hydrogen) atoms. The van der Waals surface area contributed by atoms with E-state index >= 15 is 0 Å². The van der Waals surface area contributed by atoms with Crippen molar-refractivity contribution in [3.05, 3.63) is 25.7 Å². The van der Waals surface area contributed by atoms with Gasteiger partial charge in [0.15, 0.2) is 9.50 Å². The van der Waals surface area contributed by atoms with Crippen molar-refractivity contribution in [2.45, 2.75) is 6.50 Å². The van der Waals surface area contributed by atoms with E-state index in [0.29, 0.717) is 0 Å². The third-order valence-electron chi connectivity index (χ3n) is 1.71. The van der Waals surface area contributed by atoms with Gasteiger partial charge in [0.05, 0.1) is 9.24 Å². The van der Waals surface area contributed by atoms with Crippen LogP contribution in [0.3, 0.4) is 0 Å². The monoisotopic (exact) mass is 281 g/mol. The molecule has 1 saturated heterocycles. The van der Waals surface area contributed by atoms with Crippen molar-refractivity contribution >= 4 is 28.9 Å². The number of rotatable bonds is 3. The Labute approximate surface area is 108 Å². The first-order valence-electron chi connectivity index (χ1n) is 5.35. The second-order valence-electron chi connectivity index (χ2n) is 2.83. The van der Waals surface area contributed by atoms with Crippen LogP contribution in [0.5, 0.6) is 0 Å². The molecule has 1 aromatic rings. The second-order valence-corrected chi connectivity index (χ2v) is 4.45. The van der Waals surface area contributed by atoms with Crippen molar-refractivity contribution in [2.75, 3.05) is 13.5 Å². The van der Waals surface area contributed by atoms with Crippen molar-refractivity contribution in [1.29, 1.82) is 0 Å². The first-order valence-corrected chi connectivity index (χ1v) is 5.55. The van der Waals surface area contributed by atoms with Gasteiger partial charge in [0.1, 0.15) is 18.6 Å². The Hall–Kier alpha value is -1.45. The lowest BCUT2D eigenvalue weighted by molar-refractivity contribution is -0.486. The number of thiazole rings is 1. The number of halogens is 1. The van der Waals surface area contributed by atoms with E-state index in [2.05, 4.69) is 15.4 Å². The molecular formula is C7H8ClN5O3S. The quantitative estimate of drug-likeness (QED) is 0.647. The molecule has 2 heterocycles. The van der Waals surface area contributed by atoms with Crippen LogP contribution in [-0.2, 0) is 11.2 Å². The average molecular weight is 282 g/mol. The minimum absolute atomic E-state index is 0.0166. The second kappa shape index (κ2) is 5.25. The smallest absolute Gasteiger partial charge is 0.275 e. The highest BCUT2D eigenvalue weighted by Gasteiger charge is 2.20. The van der Waals surface area contributed by atoms with Gasteiger partial charge in [-0.1, -0.05) is 11.6 Å². The van der Waals surface area contributed by atoms with Crippen LogP contribution in [0.15, 0.2) is 11.3 Å². The number of hydrogen-bond acceptors (Lipinski definition) is 5. The summed E-state index contributed by atoms with van der Waals surface area (Å²) >= 11 is 6.60. The average Bonchev–Trinajstić information content (AvgIpc) is 2.76. The molecule has 1 aromatic heterocycles. The molecule has 0 unspecified atom stereocenters. The Bertz CT molecular complexity index is 525. The van der Waals surface area contributed by atoms with Crippen LogP contribution < -0.4 is 5.32 Å². The molecular weight excluding hydrogens is 270 g/mol. The summed E-state index contributed by atoms with van der Waals surface area (Å²) in [6.07, 6.45) is 1.27. The van der Waals surface area contributed by atoms with E-state index in [1.54, 1.807) is 0 Å². The largest absolute Gasteiger partial charge is 0.341 e. The minimum Gasteiger partial charge on any atom is -0.341 e. The lowest BCUT2D eigenvalue weighted by Gasteiger charge is -2.28. The van der Waals surface area contributed by atoms with Crippen molar-refractivity contribution in [2.24, 2.45) is 5.10 Å². The third-order valence-corrected chi connectivity index (χ3v) is 2.73. The Morgan fingerprint density at radius 2 is 2.76 bits per heavy atom. The van der Waals surface area contributed by atoms with Crippen molar-refractivity contribution in [3.8, 4) is 0 Å². The molecule has 1 fully saturated rings. The van der Waals surface area contributed by atoms with Crippen LogP contribution in [0.1, 0.15) is 7.62 Å². The van der Waals surface area contributed by atoms with Gasteiger partial charge in [-0.3, -0.25) is 0 Å². The minimum atomic E-state index is -2.08. The Balaban J connectivity index is 2.33. The van der Waals surface area contributed by atoms with E-state index in [1.807, 2.05) is 0 Å². The van der Waals surface area contributed by atoms with Crippen molar-refractivity contribution in [1.82, 2.24) is 15.2 Å². The zero-order chi connectivity index (χ0) is 14.0. The number of nitrogens with one attached hydrogen (secondary N) is 1. The maximum Gasteiger partial charge on any atom is 0.275 e. The molecule has 92 valence electrons. The summed E-state index contributed by atoms with van der Waals surface area (Å²) in [7, 11) is 0. The number of guanidine groups is 1. The molecule has 1 N–H and O–H groups in total. The molecule has 0 aliphatic carbocycles.